The Kier molecular flexibility index (Phi) is 7.70. The third kappa shape index (κ3) is 5.77. The fraction of sp³-hybridized carbons (Fsp3) is 0.385. The lowest BCUT2D eigenvalue weighted by atomic mass is 10.0. The average Bonchev–Trinajstić information content (AvgIpc) is 2.96. The molecule has 1 aliphatic heterocycles. The number of imide groups is 1. The number of carbonyl (C=O) groups excluding carboxylic acids is 2. The van der Waals surface area contributed by atoms with E-state index < -0.39 is 0 Å². The number of hydrogen-bond donors (Lipinski definition) is 1. The minimum atomic E-state index is -0.322. The Balaban J connectivity index is 1.86. The largest absolute Gasteiger partial charge is 0.491 e. The van der Waals surface area contributed by atoms with Crippen LogP contribution in [0.1, 0.15) is 45.2 Å². The minimum Gasteiger partial charge on any atom is -0.491 e. The molecule has 0 unspecified atom stereocenters. The highest BCUT2D eigenvalue weighted by Crippen LogP contribution is 2.31. The maximum absolute atomic E-state index is 13.3. The molecule has 0 atom stereocenters. The van der Waals surface area contributed by atoms with Crippen molar-refractivity contribution in [3.63, 3.8) is 0 Å². The fourth-order valence-electron chi connectivity index (χ4n) is 3.46. The first-order chi connectivity index (χ1) is 15.3. The van der Waals surface area contributed by atoms with Crippen molar-refractivity contribution in [1.29, 1.82) is 0 Å². The molecule has 1 N–H and O–H groups in total. The zero-order chi connectivity index (χ0) is 23.3. The van der Waals surface area contributed by atoms with Gasteiger partial charge in [0.2, 0.25) is 0 Å². The van der Waals surface area contributed by atoms with Crippen molar-refractivity contribution >= 4 is 23.1 Å². The van der Waals surface area contributed by atoms with Gasteiger partial charge in [-0.15, -0.1) is 0 Å². The monoisotopic (exact) mass is 436 g/mol. The van der Waals surface area contributed by atoms with Gasteiger partial charge in [-0.1, -0.05) is 29.8 Å². The van der Waals surface area contributed by atoms with Crippen LogP contribution in [0.3, 0.4) is 0 Å². The smallest absolute Gasteiger partial charge is 0.278 e. The van der Waals surface area contributed by atoms with Gasteiger partial charge in [0.1, 0.15) is 11.4 Å². The number of aryl methyl sites for hydroxylation is 1. The summed E-state index contributed by atoms with van der Waals surface area (Å²) in [5.41, 5.74) is 3.21. The molecule has 6 nitrogen and oxygen atoms in total. The van der Waals surface area contributed by atoms with E-state index in [4.69, 9.17) is 9.47 Å². The molecule has 0 fully saturated rings. The topological polar surface area (TPSA) is 67.9 Å². The molecule has 1 aliphatic rings. The van der Waals surface area contributed by atoms with Crippen LogP contribution in [0.5, 0.6) is 5.75 Å². The summed E-state index contributed by atoms with van der Waals surface area (Å²) in [6.45, 7) is 10.6. The molecule has 2 aromatic carbocycles. The van der Waals surface area contributed by atoms with E-state index in [0.717, 1.165) is 16.9 Å². The normalized spacial score (nSPS) is 14.2. The second-order valence-electron chi connectivity index (χ2n) is 8.47. The van der Waals surface area contributed by atoms with E-state index in [2.05, 4.69) is 5.32 Å². The molecular weight excluding hydrogens is 404 g/mol. The fourth-order valence-corrected chi connectivity index (χ4v) is 3.46. The number of nitrogens with zero attached hydrogens (tertiary/aromatic N) is 1. The van der Waals surface area contributed by atoms with Gasteiger partial charge in [-0.25, -0.2) is 0 Å². The molecule has 2 aromatic rings. The lowest BCUT2D eigenvalue weighted by molar-refractivity contribution is -0.137. The number of anilines is 1. The molecule has 170 valence electrons. The van der Waals surface area contributed by atoms with Gasteiger partial charge in [0.25, 0.3) is 11.8 Å². The Morgan fingerprint density at radius 1 is 0.875 bits per heavy atom. The first-order valence-corrected chi connectivity index (χ1v) is 11.1. The van der Waals surface area contributed by atoms with E-state index in [1.54, 1.807) is 0 Å². The zero-order valence-corrected chi connectivity index (χ0v) is 19.5. The third-order valence-corrected chi connectivity index (χ3v) is 4.98. The number of ether oxygens (including phenoxy) is 2. The first-order valence-electron chi connectivity index (χ1n) is 11.1. The second kappa shape index (κ2) is 10.5. The van der Waals surface area contributed by atoms with Gasteiger partial charge in [-0.2, -0.15) is 0 Å². The number of benzene rings is 2. The predicted octanol–water partition coefficient (Wildman–Crippen LogP) is 4.79. The van der Waals surface area contributed by atoms with Crippen molar-refractivity contribution < 1.29 is 19.1 Å². The lowest BCUT2D eigenvalue weighted by Crippen LogP contribution is -2.34. The summed E-state index contributed by atoms with van der Waals surface area (Å²) in [7, 11) is 0. The highest BCUT2D eigenvalue weighted by Gasteiger charge is 2.38. The second-order valence-corrected chi connectivity index (χ2v) is 8.47. The number of hydrogen-bond acceptors (Lipinski definition) is 5. The van der Waals surface area contributed by atoms with Gasteiger partial charge in [0.05, 0.1) is 17.8 Å². The zero-order valence-electron chi connectivity index (χ0n) is 19.5. The molecule has 2 amide bonds. The maximum Gasteiger partial charge on any atom is 0.278 e. The molecule has 0 aliphatic carbocycles. The Bertz CT molecular complexity index is 976. The SMILES string of the molecule is Cc1ccc(C2=C(Nc3ccc(OC(C)C)cc3)C(=O)N(CCCOC(C)C)C2=O)cc1. The predicted molar refractivity (Wildman–Crippen MR) is 126 cm³/mol. The maximum atomic E-state index is 13.3. The molecule has 0 saturated carbocycles. The van der Waals surface area contributed by atoms with E-state index in [9.17, 15) is 9.59 Å². The van der Waals surface area contributed by atoms with Crippen molar-refractivity contribution in [2.75, 3.05) is 18.5 Å². The molecule has 32 heavy (non-hydrogen) atoms. The molecular formula is C26H32N2O4. The van der Waals surface area contributed by atoms with E-state index in [1.807, 2.05) is 83.1 Å². The summed E-state index contributed by atoms with van der Waals surface area (Å²) < 4.78 is 11.3. The molecule has 0 saturated heterocycles. The third-order valence-electron chi connectivity index (χ3n) is 4.98. The van der Waals surface area contributed by atoms with Gasteiger partial charge < -0.3 is 14.8 Å². The van der Waals surface area contributed by atoms with E-state index >= 15 is 0 Å². The van der Waals surface area contributed by atoms with Crippen LogP contribution < -0.4 is 10.1 Å². The van der Waals surface area contributed by atoms with Crippen LogP contribution in [0.2, 0.25) is 0 Å². The molecule has 3 rings (SSSR count). The Labute approximate surface area is 190 Å². The van der Waals surface area contributed by atoms with Crippen LogP contribution in [0.15, 0.2) is 54.2 Å². The van der Waals surface area contributed by atoms with Crippen molar-refractivity contribution in [1.82, 2.24) is 4.90 Å². The average molecular weight is 437 g/mol. The minimum absolute atomic E-state index is 0.0759. The molecule has 0 radical (unpaired) electrons. The number of amides is 2. The summed E-state index contributed by atoms with van der Waals surface area (Å²) in [5.74, 6) is 0.141. The van der Waals surface area contributed by atoms with Gasteiger partial charge in [0, 0.05) is 18.8 Å². The Morgan fingerprint density at radius 3 is 2.12 bits per heavy atom. The van der Waals surface area contributed by atoms with Crippen molar-refractivity contribution in [2.45, 2.75) is 53.2 Å². The summed E-state index contributed by atoms with van der Waals surface area (Å²) in [4.78, 5) is 27.8. The van der Waals surface area contributed by atoms with Crippen LogP contribution >= 0.6 is 0 Å². The summed E-state index contributed by atoms with van der Waals surface area (Å²) >= 11 is 0. The van der Waals surface area contributed by atoms with Gasteiger partial charge >= 0.3 is 0 Å². The lowest BCUT2D eigenvalue weighted by Gasteiger charge is -2.16. The molecule has 6 heteroatoms. The van der Waals surface area contributed by atoms with Crippen molar-refractivity contribution in [3.05, 3.63) is 65.4 Å². The van der Waals surface area contributed by atoms with E-state index in [-0.39, 0.29) is 24.0 Å². The van der Waals surface area contributed by atoms with E-state index in [1.165, 1.54) is 4.90 Å². The number of carbonyl (C=O) groups is 2. The summed E-state index contributed by atoms with van der Waals surface area (Å²) in [6, 6.07) is 15.0. The standard InChI is InChI=1S/C26H32N2O4/c1-17(2)31-16-6-15-28-25(29)23(20-9-7-19(5)8-10-20)24(26(28)30)27-21-11-13-22(14-12-21)32-18(3)4/h7-14,17-18,27H,6,15-16H2,1-5H3. The van der Waals surface area contributed by atoms with Crippen LogP contribution in [0.4, 0.5) is 5.69 Å². The molecule has 1 heterocycles. The summed E-state index contributed by atoms with van der Waals surface area (Å²) in [5, 5.41) is 3.18. The van der Waals surface area contributed by atoms with Crippen LogP contribution in [0.25, 0.3) is 5.57 Å². The summed E-state index contributed by atoms with van der Waals surface area (Å²) in [6.07, 6.45) is 0.777. The van der Waals surface area contributed by atoms with Crippen LogP contribution in [0, 0.1) is 6.92 Å². The van der Waals surface area contributed by atoms with Crippen LogP contribution in [-0.2, 0) is 14.3 Å². The van der Waals surface area contributed by atoms with Gasteiger partial charge in [0.15, 0.2) is 0 Å². The Morgan fingerprint density at radius 2 is 1.53 bits per heavy atom. The van der Waals surface area contributed by atoms with Crippen molar-refractivity contribution in [3.8, 4) is 5.75 Å². The molecule has 0 spiro atoms. The van der Waals surface area contributed by atoms with E-state index in [0.29, 0.717) is 36.5 Å². The van der Waals surface area contributed by atoms with Gasteiger partial charge in [-0.05, 0) is 70.9 Å². The highest BCUT2D eigenvalue weighted by molar-refractivity contribution is 6.36. The Hall–Kier alpha value is -3.12. The quantitative estimate of drug-likeness (QED) is 0.428. The number of rotatable bonds is 10. The van der Waals surface area contributed by atoms with Crippen molar-refractivity contribution in [2.24, 2.45) is 0 Å². The molecule has 0 bridgehead atoms. The van der Waals surface area contributed by atoms with Gasteiger partial charge in [-0.3, -0.25) is 14.5 Å². The number of nitrogens with one attached hydrogen (secondary N) is 1. The van der Waals surface area contributed by atoms with Crippen LogP contribution in [-0.4, -0.2) is 42.1 Å². The molecule has 0 aromatic heterocycles. The first kappa shape index (κ1) is 23.5. The highest BCUT2D eigenvalue weighted by atomic mass is 16.5.